The standard InChI is InChI=1S/C26H31N3O5S/c1-17(2)29(18(3)4)26(32)15-28-14-24(22-8-6-7-9-23(22)28)35(33,34)16-25(31)27-21-12-10-20(11-13-21)19(5)30/h6-14,17-18H,15-16H2,1-5H3,(H,27,31). The first-order chi connectivity index (χ1) is 16.4. The molecule has 3 rings (SSSR count). The van der Waals surface area contributed by atoms with Crippen molar-refractivity contribution in [3.8, 4) is 0 Å². The van der Waals surface area contributed by atoms with Crippen LogP contribution in [0.25, 0.3) is 10.9 Å². The Bertz CT molecular complexity index is 1350. The van der Waals surface area contributed by atoms with Crippen molar-refractivity contribution >= 4 is 44.0 Å². The second kappa shape index (κ2) is 10.4. The summed E-state index contributed by atoms with van der Waals surface area (Å²) in [7, 11) is -4.01. The summed E-state index contributed by atoms with van der Waals surface area (Å²) in [6.45, 7) is 9.18. The molecule has 0 aliphatic rings. The van der Waals surface area contributed by atoms with Gasteiger partial charge in [0.05, 0.1) is 4.90 Å². The van der Waals surface area contributed by atoms with Gasteiger partial charge in [-0.2, -0.15) is 0 Å². The number of nitrogens with zero attached hydrogens (tertiary/aromatic N) is 2. The lowest BCUT2D eigenvalue weighted by atomic mass is 10.1. The van der Waals surface area contributed by atoms with Crippen LogP contribution < -0.4 is 5.32 Å². The van der Waals surface area contributed by atoms with E-state index in [-0.39, 0.29) is 35.2 Å². The molecule has 0 saturated carbocycles. The fourth-order valence-corrected chi connectivity index (χ4v) is 5.60. The zero-order valence-electron chi connectivity index (χ0n) is 20.6. The number of hydrogen-bond acceptors (Lipinski definition) is 5. The van der Waals surface area contributed by atoms with Crippen LogP contribution in [0.1, 0.15) is 45.0 Å². The number of ketones is 1. The van der Waals surface area contributed by atoms with Crippen LogP contribution in [0.15, 0.2) is 59.6 Å². The Labute approximate surface area is 205 Å². The highest BCUT2D eigenvalue weighted by molar-refractivity contribution is 7.92. The number of carbonyl (C=O) groups excluding carboxylic acids is 3. The molecule has 3 aromatic rings. The predicted molar refractivity (Wildman–Crippen MR) is 136 cm³/mol. The maximum Gasteiger partial charge on any atom is 0.242 e. The number of aromatic nitrogens is 1. The number of nitrogens with one attached hydrogen (secondary N) is 1. The van der Waals surface area contributed by atoms with Gasteiger partial charge in [-0.15, -0.1) is 0 Å². The number of rotatable bonds is 9. The average Bonchev–Trinajstić information content (AvgIpc) is 3.12. The highest BCUT2D eigenvalue weighted by atomic mass is 32.2. The number of fused-ring (bicyclic) bond motifs is 1. The van der Waals surface area contributed by atoms with Crippen LogP contribution in [-0.4, -0.2) is 53.3 Å². The first-order valence-corrected chi connectivity index (χ1v) is 13.1. The van der Waals surface area contributed by atoms with E-state index in [2.05, 4.69) is 5.32 Å². The SMILES string of the molecule is CC(=O)c1ccc(NC(=O)CS(=O)(=O)c2cn(CC(=O)N(C(C)C)C(C)C)c3ccccc23)cc1. The van der Waals surface area contributed by atoms with Crippen LogP contribution in [0.3, 0.4) is 0 Å². The summed E-state index contributed by atoms with van der Waals surface area (Å²) in [5, 5.41) is 3.02. The molecule has 2 aromatic carbocycles. The van der Waals surface area contributed by atoms with Crippen LogP contribution in [0.5, 0.6) is 0 Å². The van der Waals surface area contributed by atoms with Crippen molar-refractivity contribution in [3.05, 3.63) is 60.3 Å². The van der Waals surface area contributed by atoms with Crippen LogP contribution in [0.4, 0.5) is 5.69 Å². The topological polar surface area (TPSA) is 106 Å². The van der Waals surface area contributed by atoms with Gasteiger partial charge in [0.25, 0.3) is 0 Å². The van der Waals surface area contributed by atoms with Gasteiger partial charge in [0.2, 0.25) is 11.8 Å². The minimum Gasteiger partial charge on any atom is -0.337 e. The number of hydrogen-bond donors (Lipinski definition) is 1. The highest BCUT2D eigenvalue weighted by Gasteiger charge is 2.26. The molecule has 8 nitrogen and oxygen atoms in total. The minimum atomic E-state index is -4.01. The van der Waals surface area contributed by atoms with E-state index in [0.29, 0.717) is 22.2 Å². The molecule has 9 heteroatoms. The van der Waals surface area contributed by atoms with E-state index in [1.54, 1.807) is 58.0 Å². The summed E-state index contributed by atoms with van der Waals surface area (Å²) in [4.78, 5) is 38.7. The lowest BCUT2D eigenvalue weighted by molar-refractivity contribution is -0.135. The highest BCUT2D eigenvalue weighted by Crippen LogP contribution is 2.27. The van der Waals surface area contributed by atoms with Crippen LogP contribution >= 0.6 is 0 Å². The number of para-hydroxylation sites is 1. The van der Waals surface area contributed by atoms with Crippen molar-refractivity contribution in [1.29, 1.82) is 0 Å². The fraction of sp³-hybridized carbons (Fsp3) is 0.346. The number of carbonyl (C=O) groups is 3. The van der Waals surface area contributed by atoms with Gasteiger partial charge in [0.15, 0.2) is 15.6 Å². The lowest BCUT2D eigenvalue weighted by Gasteiger charge is -2.31. The molecule has 1 N–H and O–H groups in total. The third-order valence-corrected chi connectivity index (χ3v) is 7.33. The summed E-state index contributed by atoms with van der Waals surface area (Å²) in [6, 6.07) is 13.2. The Morgan fingerprint density at radius 2 is 1.54 bits per heavy atom. The third-order valence-electron chi connectivity index (χ3n) is 5.69. The maximum atomic E-state index is 13.2. The van der Waals surface area contributed by atoms with E-state index in [9.17, 15) is 22.8 Å². The Kier molecular flexibility index (Phi) is 7.80. The van der Waals surface area contributed by atoms with Gasteiger partial charge in [-0.1, -0.05) is 18.2 Å². The van der Waals surface area contributed by atoms with Crippen LogP contribution in [0.2, 0.25) is 0 Å². The summed E-state index contributed by atoms with van der Waals surface area (Å²) >= 11 is 0. The monoisotopic (exact) mass is 497 g/mol. The number of Topliss-reactive ketones (excluding diaryl/α,β-unsaturated/α-hetero) is 1. The summed E-state index contributed by atoms with van der Waals surface area (Å²) in [5.41, 5.74) is 1.49. The van der Waals surface area contributed by atoms with Gasteiger partial charge in [0.1, 0.15) is 12.3 Å². The Hall–Kier alpha value is -3.46. The molecule has 186 valence electrons. The number of benzene rings is 2. The normalized spacial score (nSPS) is 11.7. The second-order valence-corrected chi connectivity index (χ2v) is 11.0. The second-order valence-electron chi connectivity index (χ2n) is 9.07. The van der Waals surface area contributed by atoms with Gasteiger partial charge >= 0.3 is 0 Å². The Morgan fingerprint density at radius 1 is 0.943 bits per heavy atom. The van der Waals surface area contributed by atoms with Crippen molar-refractivity contribution in [2.24, 2.45) is 0 Å². The predicted octanol–water partition coefficient (Wildman–Crippen LogP) is 3.90. The van der Waals surface area contributed by atoms with Gasteiger partial charge < -0.3 is 14.8 Å². The molecule has 35 heavy (non-hydrogen) atoms. The van der Waals surface area contributed by atoms with Crippen LogP contribution in [-0.2, 0) is 26.0 Å². The molecule has 0 bridgehead atoms. The number of amides is 2. The van der Waals surface area contributed by atoms with E-state index >= 15 is 0 Å². The smallest absolute Gasteiger partial charge is 0.242 e. The van der Waals surface area contributed by atoms with E-state index < -0.39 is 21.5 Å². The first kappa shape index (κ1) is 26.2. The van der Waals surface area contributed by atoms with Gasteiger partial charge in [-0.3, -0.25) is 14.4 Å². The third kappa shape index (κ3) is 5.97. The molecule has 2 amide bonds. The molecule has 0 aliphatic heterocycles. The fourth-order valence-electron chi connectivity index (χ4n) is 4.23. The Morgan fingerprint density at radius 3 is 2.11 bits per heavy atom. The lowest BCUT2D eigenvalue weighted by Crippen LogP contribution is -2.43. The zero-order chi connectivity index (χ0) is 25.9. The zero-order valence-corrected chi connectivity index (χ0v) is 21.4. The average molecular weight is 498 g/mol. The molecular weight excluding hydrogens is 466 g/mol. The molecule has 0 aliphatic carbocycles. The van der Waals surface area contributed by atoms with Crippen molar-refractivity contribution in [3.63, 3.8) is 0 Å². The molecule has 0 radical (unpaired) electrons. The Balaban J connectivity index is 1.86. The van der Waals surface area contributed by atoms with E-state index in [1.807, 2.05) is 27.7 Å². The van der Waals surface area contributed by atoms with E-state index in [1.165, 1.54) is 13.1 Å². The largest absolute Gasteiger partial charge is 0.337 e. The summed E-state index contributed by atoms with van der Waals surface area (Å²) in [5.74, 6) is -1.68. The molecule has 0 atom stereocenters. The van der Waals surface area contributed by atoms with Crippen molar-refractivity contribution < 1.29 is 22.8 Å². The molecule has 0 fully saturated rings. The van der Waals surface area contributed by atoms with Crippen molar-refractivity contribution in [2.75, 3.05) is 11.1 Å². The molecule has 1 heterocycles. The maximum absolute atomic E-state index is 13.2. The molecule has 1 aromatic heterocycles. The van der Waals surface area contributed by atoms with E-state index in [0.717, 1.165) is 0 Å². The summed E-state index contributed by atoms with van der Waals surface area (Å²) < 4.78 is 28.1. The molecule has 0 spiro atoms. The molecule has 0 unspecified atom stereocenters. The van der Waals surface area contributed by atoms with Crippen molar-refractivity contribution in [2.45, 2.75) is 58.1 Å². The summed E-state index contributed by atoms with van der Waals surface area (Å²) in [6.07, 6.45) is 1.44. The molecular formula is C26H31N3O5S. The quantitative estimate of drug-likeness (QED) is 0.452. The number of anilines is 1. The van der Waals surface area contributed by atoms with Gasteiger partial charge in [0, 0.05) is 40.4 Å². The van der Waals surface area contributed by atoms with Gasteiger partial charge in [-0.25, -0.2) is 8.42 Å². The number of sulfone groups is 1. The van der Waals surface area contributed by atoms with E-state index in [4.69, 9.17) is 0 Å². The van der Waals surface area contributed by atoms with Crippen molar-refractivity contribution in [1.82, 2.24) is 9.47 Å². The molecule has 0 saturated heterocycles. The van der Waals surface area contributed by atoms with Gasteiger partial charge in [-0.05, 0) is 65.0 Å². The first-order valence-electron chi connectivity index (χ1n) is 11.4. The minimum absolute atomic E-state index is 0.000683. The van der Waals surface area contributed by atoms with Crippen LogP contribution in [0, 0.1) is 0 Å².